The number of rotatable bonds is 19. The van der Waals surface area contributed by atoms with E-state index in [1.54, 1.807) is 0 Å². The van der Waals surface area contributed by atoms with Crippen LogP contribution in [0.25, 0.3) is 22.9 Å². The molecule has 6 aromatic carbocycles. The van der Waals surface area contributed by atoms with Crippen molar-refractivity contribution in [3.8, 4) is 40.5 Å². The smallest absolute Gasteiger partial charge is 0.310 e. The molecule has 8 aromatic rings. The summed E-state index contributed by atoms with van der Waals surface area (Å²) in [6, 6.07) is 60.6. The van der Waals surface area contributed by atoms with E-state index in [0.717, 1.165) is 97.4 Å². The minimum atomic E-state index is -0.118. The van der Waals surface area contributed by atoms with Gasteiger partial charge in [-0.3, -0.25) is 14.6 Å². The first kappa shape index (κ1) is 51.1. The first-order chi connectivity index (χ1) is 36.3. The van der Waals surface area contributed by atoms with Gasteiger partial charge in [-0.25, -0.2) is 9.97 Å². The molecular weight excluding hydrogens is 923 g/mol. The van der Waals surface area contributed by atoms with Crippen molar-refractivity contribution < 1.29 is 27.8 Å². The van der Waals surface area contributed by atoms with Crippen molar-refractivity contribution in [2.45, 2.75) is 77.5 Å². The number of benzene rings is 6. The minimum absolute atomic E-state index is 0.0845. The van der Waals surface area contributed by atoms with Crippen molar-refractivity contribution in [3.05, 3.63) is 215 Å². The molecule has 2 fully saturated rings. The van der Waals surface area contributed by atoms with Crippen LogP contribution in [0, 0.1) is 37.0 Å². The van der Waals surface area contributed by atoms with Crippen LogP contribution in [0.1, 0.15) is 58.0 Å². The van der Waals surface area contributed by atoms with E-state index in [1.807, 2.05) is 111 Å². The number of oxazole rings is 2. The lowest BCUT2D eigenvalue weighted by Gasteiger charge is -2.24. The van der Waals surface area contributed by atoms with Crippen molar-refractivity contribution in [1.29, 1.82) is 5.26 Å². The van der Waals surface area contributed by atoms with Crippen LogP contribution in [0.4, 0.5) is 0 Å². The monoisotopic (exact) mass is 987 g/mol. The van der Waals surface area contributed by atoms with Gasteiger partial charge in [0.25, 0.3) is 0 Å². The lowest BCUT2D eigenvalue weighted by molar-refractivity contribution is -0.145. The number of carbonyl (C=O) groups is 1. The Morgan fingerprint density at radius 1 is 0.568 bits per heavy atom. The molecule has 0 N–H and O–H groups in total. The van der Waals surface area contributed by atoms with Crippen LogP contribution in [0.15, 0.2) is 179 Å². The highest BCUT2D eigenvalue weighted by Crippen LogP contribution is 2.31. The van der Waals surface area contributed by atoms with Gasteiger partial charge in [-0.05, 0) is 110 Å². The number of aryl methyl sites for hydroxylation is 2. The molecule has 0 saturated carbocycles. The molecule has 74 heavy (non-hydrogen) atoms. The number of aromatic nitrogens is 2. The number of nitriles is 1. The van der Waals surface area contributed by atoms with Gasteiger partial charge in [-0.2, -0.15) is 5.26 Å². The molecule has 0 amide bonds. The number of ether oxygens (including phenoxy) is 3. The van der Waals surface area contributed by atoms with E-state index in [1.165, 1.54) is 29.4 Å². The SMILES string of the molecule is COC(=O)[C@H]1C[C@H](Cc2ccc(OCCc3nc(-c4ccccc4)oc3C)cc2)N(Cc2ccccc2)C1.Cc1oc(-c2ccccc2)nc1CCOc1ccc(C[C@H]2C[C@H](C#N)CN2Cc2ccccc2)cc1. The molecule has 2 aliphatic heterocycles. The Morgan fingerprint density at radius 2 is 0.986 bits per heavy atom. The highest BCUT2D eigenvalue weighted by molar-refractivity contribution is 5.73. The zero-order chi connectivity index (χ0) is 51.1. The fraction of sp³-hybridized carbons (Fsp3) is 0.302. The van der Waals surface area contributed by atoms with Crippen LogP contribution in [0.3, 0.4) is 0 Å². The second-order valence-electron chi connectivity index (χ2n) is 19.3. The molecule has 11 nitrogen and oxygen atoms in total. The van der Waals surface area contributed by atoms with Gasteiger partial charge in [0, 0.05) is 62.2 Å². The molecule has 378 valence electrons. The Kier molecular flexibility index (Phi) is 17.4. The summed E-state index contributed by atoms with van der Waals surface area (Å²) in [4.78, 5) is 26.5. The number of likely N-dealkylation sites (tertiary alicyclic amines) is 2. The van der Waals surface area contributed by atoms with E-state index in [2.05, 4.69) is 98.6 Å². The van der Waals surface area contributed by atoms with E-state index in [9.17, 15) is 10.1 Å². The van der Waals surface area contributed by atoms with Crippen LogP contribution in [0.2, 0.25) is 0 Å². The Morgan fingerprint density at radius 3 is 1.42 bits per heavy atom. The van der Waals surface area contributed by atoms with E-state index in [-0.39, 0.29) is 23.8 Å². The quantitative estimate of drug-likeness (QED) is 0.0719. The molecule has 2 saturated heterocycles. The standard InChI is InChI=1S/C32H34N2O4.C31H31N3O2/c1-23-30(33-31(38-23)26-11-7-4-8-12-26)17-18-37-29-15-13-24(14-16-29)19-28-20-27(32(35)36-2)22-34(28)21-25-9-5-3-6-10-25;1-23-30(33-31(36-23)27-10-6-3-7-11-27)16-17-35-29-14-12-24(13-15-29)18-28-19-26(20-32)22-34(28)21-25-8-4-2-5-9-25/h3-16,27-28H,17-22H2,1-2H3;2-15,26,28H,16-19,21-22H2,1H3/t27-,28-;26-,28+/m01/s1. The molecule has 4 atom stereocenters. The van der Waals surface area contributed by atoms with Crippen molar-refractivity contribution in [1.82, 2.24) is 19.8 Å². The largest absolute Gasteiger partial charge is 0.493 e. The molecule has 11 heteroatoms. The zero-order valence-electron chi connectivity index (χ0n) is 42.6. The second kappa shape index (κ2) is 25.2. The highest BCUT2D eigenvalue weighted by Gasteiger charge is 2.37. The Labute approximate surface area is 435 Å². The average molecular weight is 988 g/mol. The van der Waals surface area contributed by atoms with Crippen LogP contribution < -0.4 is 9.47 Å². The summed E-state index contributed by atoms with van der Waals surface area (Å²) in [6.45, 7) is 8.23. The lowest BCUT2D eigenvalue weighted by Crippen LogP contribution is -2.31. The van der Waals surface area contributed by atoms with Gasteiger partial charge < -0.3 is 23.0 Å². The molecule has 10 rings (SSSR count). The first-order valence-corrected chi connectivity index (χ1v) is 25.8. The van der Waals surface area contributed by atoms with E-state index in [0.29, 0.717) is 43.9 Å². The van der Waals surface area contributed by atoms with Crippen LogP contribution in [0.5, 0.6) is 11.5 Å². The first-order valence-electron chi connectivity index (χ1n) is 25.8. The number of methoxy groups -OCH3 is 1. The summed E-state index contributed by atoms with van der Waals surface area (Å²) < 4.78 is 28.8. The van der Waals surface area contributed by atoms with Gasteiger partial charge in [0.15, 0.2) is 0 Å². The normalized spacial score (nSPS) is 17.5. The second-order valence-corrected chi connectivity index (χ2v) is 19.3. The Balaban J connectivity index is 0.000000182. The predicted molar refractivity (Wildman–Crippen MR) is 287 cm³/mol. The number of hydrogen-bond acceptors (Lipinski definition) is 11. The molecule has 0 aliphatic carbocycles. The summed E-state index contributed by atoms with van der Waals surface area (Å²) >= 11 is 0. The maximum atomic E-state index is 12.3. The van der Waals surface area contributed by atoms with E-state index in [4.69, 9.17) is 23.0 Å². The average Bonchev–Trinajstić information content (AvgIpc) is 4.23. The van der Waals surface area contributed by atoms with Gasteiger partial charge in [-0.15, -0.1) is 0 Å². The highest BCUT2D eigenvalue weighted by atomic mass is 16.5. The number of hydrogen-bond donors (Lipinski definition) is 0. The number of carbonyl (C=O) groups excluding carboxylic acids is 1. The molecule has 0 bridgehead atoms. The molecule has 0 spiro atoms. The van der Waals surface area contributed by atoms with Crippen LogP contribution >= 0.6 is 0 Å². The summed E-state index contributed by atoms with van der Waals surface area (Å²) in [5.41, 5.74) is 8.84. The third-order valence-electron chi connectivity index (χ3n) is 14.1. The van der Waals surface area contributed by atoms with Crippen LogP contribution in [-0.2, 0) is 48.3 Å². The third kappa shape index (κ3) is 13.8. The van der Waals surface area contributed by atoms with Crippen molar-refractivity contribution in [2.75, 3.05) is 33.4 Å². The zero-order valence-corrected chi connectivity index (χ0v) is 42.6. The third-order valence-corrected chi connectivity index (χ3v) is 14.1. The van der Waals surface area contributed by atoms with Crippen LogP contribution in [-0.4, -0.2) is 71.2 Å². The molecular formula is C63H65N5O6. The van der Waals surface area contributed by atoms with Gasteiger partial charge in [-0.1, -0.05) is 121 Å². The van der Waals surface area contributed by atoms with E-state index < -0.39 is 0 Å². The molecule has 0 radical (unpaired) electrons. The summed E-state index contributed by atoms with van der Waals surface area (Å²) in [5, 5.41) is 9.51. The molecule has 0 unspecified atom stereocenters. The predicted octanol–water partition coefficient (Wildman–Crippen LogP) is 12.1. The summed E-state index contributed by atoms with van der Waals surface area (Å²) in [5.74, 6) is 4.54. The van der Waals surface area contributed by atoms with Crippen molar-refractivity contribution in [3.63, 3.8) is 0 Å². The summed E-state index contributed by atoms with van der Waals surface area (Å²) in [7, 11) is 1.47. The van der Waals surface area contributed by atoms with Crippen molar-refractivity contribution >= 4 is 5.97 Å². The van der Waals surface area contributed by atoms with Gasteiger partial charge in [0.2, 0.25) is 11.8 Å². The Bertz CT molecular complexity index is 3030. The maximum Gasteiger partial charge on any atom is 0.310 e. The van der Waals surface area contributed by atoms with Gasteiger partial charge >= 0.3 is 5.97 Å². The Hall–Kier alpha value is -7.78. The number of esters is 1. The minimum Gasteiger partial charge on any atom is -0.493 e. The van der Waals surface area contributed by atoms with Gasteiger partial charge in [0.1, 0.15) is 23.0 Å². The molecule has 4 heterocycles. The summed E-state index contributed by atoms with van der Waals surface area (Å²) in [6.07, 6.45) is 4.90. The maximum absolute atomic E-state index is 12.3. The molecule has 2 aromatic heterocycles. The fourth-order valence-electron chi connectivity index (χ4n) is 10.1. The fourth-order valence-corrected chi connectivity index (χ4v) is 10.1. The van der Waals surface area contributed by atoms with Gasteiger partial charge in [0.05, 0.1) is 49.6 Å². The topological polar surface area (TPSA) is 127 Å². The lowest BCUT2D eigenvalue weighted by atomic mass is 9.99. The molecule has 2 aliphatic rings. The van der Waals surface area contributed by atoms with E-state index >= 15 is 0 Å². The van der Waals surface area contributed by atoms with Crippen molar-refractivity contribution in [2.24, 2.45) is 11.8 Å². The number of nitrogens with zero attached hydrogens (tertiary/aromatic N) is 5.